The number of aliphatic carboxylic acids is 1. The van der Waals surface area contributed by atoms with Crippen LogP contribution in [-0.4, -0.2) is 135 Å². The van der Waals surface area contributed by atoms with Crippen molar-refractivity contribution in [1.82, 2.24) is 40.5 Å². The van der Waals surface area contributed by atoms with Gasteiger partial charge in [0.25, 0.3) is 0 Å². The molecule has 17 nitrogen and oxygen atoms in total. The number of aromatic nitrogens is 3. The minimum Gasteiger partial charge on any atom is -0.492 e. The van der Waals surface area contributed by atoms with Crippen molar-refractivity contribution < 1.29 is 38.5 Å². The molecule has 3 aliphatic carbocycles. The van der Waals surface area contributed by atoms with E-state index >= 15 is 0 Å². The number of alkyl carbamates (subject to hydrolysis) is 1. The Morgan fingerprint density at radius 3 is 2.45 bits per heavy atom. The molecule has 62 heavy (non-hydrogen) atoms. The summed E-state index contributed by atoms with van der Waals surface area (Å²) in [7, 11) is 0. The monoisotopic (exact) mass is 857 g/mol. The van der Waals surface area contributed by atoms with Gasteiger partial charge in [0.15, 0.2) is 5.82 Å². The summed E-state index contributed by atoms with van der Waals surface area (Å²) in [4.78, 5) is 63.7. The van der Waals surface area contributed by atoms with E-state index in [-0.39, 0.29) is 31.0 Å². The second-order valence-corrected chi connectivity index (χ2v) is 19.3. The fourth-order valence-corrected chi connectivity index (χ4v) is 9.54. The third kappa shape index (κ3) is 9.58. The van der Waals surface area contributed by atoms with E-state index in [1.54, 1.807) is 10.7 Å². The molecule has 336 valence electrons. The molecule has 5 N–H and O–H groups in total. The van der Waals surface area contributed by atoms with Gasteiger partial charge in [-0.3, -0.25) is 14.5 Å². The van der Waals surface area contributed by atoms with Gasteiger partial charge in [0.1, 0.15) is 53.8 Å². The maximum Gasteiger partial charge on any atom is 0.408 e. The van der Waals surface area contributed by atoms with E-state index in [2.05, 4.69) is 26.2 Å². The van der Waals surface area contributed by atoms with Crippen molar-refractivity contribution in [3.05, 3.63) is 36.5 Å². The van der Waals surface area contributed by atoms with E-state index in [9.17, 15) is 24.3 Å². The van der Waals surface area contributed by atoms with Crippen molar-refractivity contribution in [2.75, 3.05) is 51.2 Å². The highest BCUT2D eigenvalue weighted by Gasteiger charge is 2.61. The third-order valence-corrected chi connectivity index (χ3v) is 13.2. The SMILES string of the molecule is CCC1C[C@]1(NC(=O)C1C[C@@H](Oc2cc(-n3ccc(NC(C)C)n3)nc3cc(OCCN4CCNCC4)ccc23)CN1C(=O)C(NC(=O)OC1C[C@@H]2C[C@@H]2C1)C(C)(C)C)C(=O)O. The van der Waals surface area contributed by atoms with Crippen LogP contribution in [0.5, 0.6) is 11.5 Å². The number of ether oxygens (including phenoxy) is 3. The summed E-state index contributed by atoms with van der Waals surface area (Å²) in [6, 6.07) is 7.34. The van der Waals surface area contributed by atoms with Gasteiger partial charge in [-0.2, -0.15) is 0 Å². The van der Waals surface area contributed by atoms with E-state index < -0.39 is 53.0 Å². The molecular weight excluding hydrogens is 795 g/mol. The van der Waals surface area contributed by atoms with E-state index in [0.29, 0.717) is 65.3 Å². The Kier molecular flexibility index (Phi) is 12.3. The molecule has 17 heteroatoms. The number of carbonyl (C=O) groups is 4. The highest BCUT2D eigenvalue weighted by Crippen LogP contribution is 2.52. The van der Waals surface area contributed by atoms with E-state index in [4.69, 9.17) is 24.3 Å². The first-order chi connectivity index (χ1) is 29.6. The largest absolute Gasteiger partial charge is 0.492 e. The minimum atomic E-state index is -1.40. The molecule has 2 aromatic heterocycles. The number of hydrogen-bond donors (Lipinski definition) is 5. The number of likely N-dealkylation sites (tertiary alicyclic amines) is 1. The normalized spacial score (nSPS) is 27.4. The maximum atomic E-state index is 14.8. The predicted octanol–water partition coefficient (Wildman–Crippen LogP) is 4.18. The zero-order valence-electron chi connectivity index (χ0n) is 36.8. The van der Waals surface area contributed by atoms with Gasteiger partial charge < -0.3 is 45.5 Å². The highest BCUT2D eigenvalue weighted by molar-refractivity contribution is 5.96. The van der Waals surface area contributed by atoms with E-state index in [1.807, 2.05) is 72.0 Å². The van der Waals surface area contributed by atoms with Gasteiger partial charge in [0.2, 0.25) is 11.8 Å². The minimum absolute atomic E-state index is 0.0000804. The number of nitrogens with one attached hydrogen (secondary N) is 4. The summed E-state index contributed by atoms with van der Waals surface area (Å²) < 4.78 is 20.5. The fraction of sp³-hybridized carbons (Fsp3) is 0.644. The van der Waals surface area contributed by atoms with Crippen LogP contribution in [0.4, 0.5) is 10.6 Å². The molecule has 0 bridgehead atoms. The average molecular weight is 858 g/mol. The Morgan fingerprint density at radius 1 is 1.02 bits per heavy atom. The van der Waals surface area contributed by atoms with Crippen LogP contribution < -0.4 is 30.7 Å². The molecule has 0 radical (unpaired) electrons. The quantitative estimate of drug-likeness (QED) is 0.138. The number of benzene rings is 1. The van der Waals surface area contributed by atoms with Crippen LogP contribution in [0, 0.1) is 23.2 Å². The van der Waals surface area contributed by atoms with Crippen LogP contribution >= 0.6 is 0 Å². The molecule has 5 aliphatic rings. The molecular formula is C45H63N9O8. The smallest absolute Gasteiger partial charge is 0.408 e. The van der Waals surface area contributed by atoms with Crippen molar-refractivity contribution in [2.45, 2.75) is 116 Å². The zero-order chi connectivity index (χ0) is 43.9. The Morgan fingerprint density at radius 2 is 1.77 bits per heavy atom. The molecule has 3 saturated carbocycles. The molecule has 2 saturated heterocycles. The molecule has 3 aromatic rings. The zero-order valence-corrected chi connectivity index (χ0v) is 36.8. The van der Waals surface area contributed by atoms with Crippen molar-refractivity contribution in [2.24, 2.45) is 23.2 Å². The van der Waals surface area contributed by atoms with Gasteiger partial charge in [0.05, 0.1) is 12.1 Å². The first-order valence-corrected chi connectivity index (χ1v) is 22.4. The number of carbonyl (C=O) groups excluding carboxylic acids is 3. The van der Waals surface area contributed by atoms with Gasteiger partial charge in [0, 0.05) is 75.0 Å². The van der Waals surface area contributed by atoms with Crippen molar-refractivity contribution in [3.63, 3.8) is 0 Å². The summed E-state index contributed by atoms with van der Waals surface area (Å²) >= 11 is 0. The Labute approximate surface area is 363 Å². The summed E-state index contributed by atoms with van der Waals surface area (Å²) in [5.41, 5.74) is -1.57. The molecule has 4 unspecified atom stereocenters. The molecule has 8 atom stereocenters. The lowest BCUT2D eigenvalue weighted by Gasteiger charge is -2.35. The lowest BCUT2D eigenvalue weighted by atomic mass is 9.85. The second-order valence-electron chi connectivity index (χ2n) is 19.3. The molecule has 5 fully saturated rings. The fourth-order valence-electron chi connectivity index (χ4n) is 9.54. The molecule has 4 heterocycles. The van der Waals surface area contributed by atoms with Crippen LogP contribution in [0.2, 0.25) is 0 Å². The Hall–Kier alpha value is -5.16. The molecule has 3 amide bonds. The second kappa shape index (κ2) is 17.5. The highest BCUT2D eigenvalue weighted by atomic mass is 16.6. The van der Waals surface area contributed by atoms with Crippen LogP contribution in [0.25, 0.3) is 16.7 Å². The number of nitrogens with zero attached hydrogens (tertiary/aromatic N) is 5. The Bertz CT molecular complexity index is 2140. The van der Waals surface area contributed by atoms with Crippen molar-refractivity contribution in [1.29, 1.82) is 0 Å². The van der Waals surface area contributed by atoms with Crippen LogP contribution in [0.15, 0.2) is 36.5 Å². The lowest BCUT2D eigenvalue weighted by Crippen LogP contribution is -2.59. The van der Waals surface area contributed by atoms with Gasteiger partial charge in [-0.25, -0.2) is 19.3 Å². The standard InChI is InChI=1S/C45H63N9O8/c1-7-29-24-45(29,42(57)58)50-40(55)35-22-32(25-53(35)41(56)39(44(4,5)6)49-43(59)62-31-19-27-18-28(27)20-31)61-36-23-38(54-13-10-37(51-54)47-26(2)3)48-34-21-30(8-9-33(34)36)60-17-16-52-14-11-46-12-15-52/h8-10,13,21,23,26-29,31-32,35,39,46H,7,11-12,14-20,22,24-25H2,1-6H3,(H,47,51)(H,49,59)(H,50,55)(H,57,58)/t27-,28+,29?,31?,32-,35?,39?,45-/m1/s1. The molecule has 1 aromatic carbocycles. The number of carboxylic acid groups (broad SMARTS) is 1. The first-order valence-electron chi connectivity index (χ1n) is 22.4. The summed E-state index contributed by atoms with van der Waals surface area (Å²) in [6.07, 6.45) is 4.07. The number of pyridine rings is 1. The number of carboxylic acids is 1. The Balaban J connectivity index is 1.07. The number of piperazine rings is 1. The average Bonchev–Trinajstić information content (AvgIpc) is 3.89. The molecule has 2 aliphatic heterocycles. The maximum absolute atomic E-state index is 14.8. The van der Waals surface area contributed by atoms with Crippen LogP contribution in [0.3, 0.4) is 0 Å². The first kappa shape index (κ1) is 43.5. The van der Waals surface area contributed by atoms with Crippen molar-refractivity contribution in [3.8, 4) is 17.3 Å². The van der Waals surface area contributed by atoms with E-state index in [0.717, 1.165) is 45.6 Å². The number of rotatable bonds is 16. The molecule has 8 rings (SSSR count). The van der Waals surface area contributed by atoms with Gasteiger partial charge in [-0.1, -0.05) is 34.1 Å². The summed E-state index contributed by atoms with van der Waals surface area (Å²) in [5, 5.41) is 28.0. The van der Waals surface area contributed by atoms with Gasteiger partial charge in [-0.15, -0.1) is 5.10 Å². The third-order valence-electron chi connectivity index (χ3n) is 13.2. The van der Waals surface area contributed by atoms with Crippen molar-refractivity contribution >= 4 is 40.6 Å². The van der Waals surface area contributed by atoms with E-state index in [1.165, 1.54) is 11.3 Å². The number of amides is 3. The van der Waals surface area contributed by atoms with Crippen LogP contribution in [0.1, 0.15) is 80.1 Å². The number of fused-ring (bicyclic) bond motifs is 2. The van der Waals surface area contributed by atoms with Gasteiger partial charge >= 0.3 is 12.1 Å². The predicted molar refractivity (Wildman–Crippen MR) is 231 cm³/mol. The van der Waals surface area contributed by atoms with Crippen LogP contribution in [-0.2, 0) is 19.1 Å². The number of anilines is 1. The lowest BCUT2D eigenvalue weighted by molar-refractivity contribution is -0.146. The number of hydrogen-bond acceptors (Lipinski definition) is 12. The summed E-state index contributed by atoms with van der Waals surface area (Å²) in [6.45, 7) is 16.7. The van der Waals surface area contributed by atoms with Gasteiger partial charge in [-0.05, 0) is 74.8 Å². The molecule has 0 spiro atoms. The summed E-state index contributed by atoms with van der Waals surface area (Å²) in [5.74, 6) is 1.12. The topological polar surface area (TPSA) is 202 Å².